The van der Waals surface area contributed by atoms with Gasteiger partial charge in [0.1, 0.15) is 0 Å². The molecule has 1 heterocycles. The molecule has 0 aromatic heterocycles. The third-order valence-corrected chi connectivity index (χ3v) is 2.70. The Morgan fingerprint density at radius 3 is 2.33 bits per heavy atom. The fourth-order valence-electron chi connectivity index (χ4n) is 1.86. The van der Waals surface area contributed by atoms with Gasteiger partial charge in [-0.2, -0.15) is 0 Å². The van der Waals surface area contributed by atoms with Crippen molar-refractivity contribution in [2.24, 2.45) is 0 Å². The van der Waals surface area contributed by atoms with Gasteiger partial charge in [-0.05, 0) is 37.1 Å². The number of nitrogens with zero attached hydrogens (tertiary/aromatic N) is 1. The molecule has 0 bridgehead atoms. The minimum absolute atomic E-state index is 0.469. The number of benzene rings is 1. The highest BCUT2D eigenvalue weighted by Crippen LogP contribution is 2.20. The lowest BCUT2D eigenvalue weighted by molar-refractivity contribution is 0.0706. The summed E-state index contributed by atoms with van der Waals surface area (Å²) in [5.74, 6) is -0.469. The molecule has 80 valence electrons. The zero-order valence-corrected chi connectivity index (χ0v) is 8.44. The number of carbonyl (C=O) groups excluding carboxylic acids is 1. The van der Waals surface area contributed by atoms with Crippen molar-refractivity contribution in [1.29, 1.82) is 0 Å². The summed E-state index contributed by atoms with van der Waals surface area (Å²) in [5.41, 5.74) is 3.23. The van der Waals surface area contributed by atoms with E-state index in [2.05, 4.69) is 4.90 Å². The molecule has 2 N–H and O–H groups in total. The predicted molar refractivity (Wildman–Crippen MR) is 57.1 cm³/mol. The van der Waals surface area contributed by atoms with Crippen LogP contribution in [0, 0.1) is 0 Å². The lowest BCUT2D eigenvalue weighted by atomic mass is 10.2. The number of carbonyl (C=O) groups is 1. The van der Waals surface area contributed by atoms with Gasteiger partial charge in [0, 0.05) is 24.3 Å². The van der Waals surface area contributed by atoms with Crippen LogP contribution >= 0.6 is 0 Å². The van der Waals surface area contributed by atoms with E-state index in [-0.39, 0.29) is 0 Å². The van der Waals surface area contributed by atoms with Gasteiger partial charge in [-0.1, -0.05) is 0 Å². The highest BCUT2D eigenvalue weighted by Gasteiger charge is 2.12. The van der Waals surface area contributed by atoms with Crippen LogP contribution in [0.5, 0.6) is 0 Å². The average Bonchev–Trinajstić information content (AvgIpc) is 2.82. The molecule has 1 saturated heterocycles. The van der Waals surface area contributed by atoms with E-state index in [0.717, 1.165) is 18.8 Å². The minimum Gasteiger partial charge on any atom is -0.372 e. The molecule has 0 aliphatic carbocycles. The monoisotopic (exact) mass is 206 g/mol. The predicted octanol–water partition coefficient (Wildman–Crippen LogP) is 1.41. The second-order valence-electron chi connectivity index (χ2n) is 3.68. The molecule has 1 fully saturated rings. The summed E-state index contributed by atoms with van der Waals surface area (Å²) in [6.07, 6.45) is 2.47. The quantitative estimate of drug-likeness (QED) is 0.568. The van der Waals surface area contributed by atoms with Crippen LogP contribution in [0.3, 0.4) is 0 Å². The summed E-state index contributed by atoms with van der Waals surface area (Å²) < 4.78 is 0. The zero-order valence-electron chi connectivity index (χ0n) is 8.44. The Balaban J connectivity index is 2.12. The van der Waals surface area contributed by atoms with Gasteiger partial charge in [-0.15, -0.1) is 0 Å². The molecule has 4 nitrogen and oxygen atoms in total. The number of nitrogens with one attached hydrogen (secondary N) is 1. The Kier molecular flexibility index (Phi) is 2.87. The van der Waals surface area contributed by atoms with Crippen molar-refractivity contribution in [2.75, 3.05) is 18.0 Å². The van der Waals surface area contributed by atoms with E-state index in [0.29, 0.717) is 5.56 Å². The first-order valence-corrected chi connectivity index (χ1v) is 5.11. The number of hydroxylamine groups is 1. The van der Waals surface area contributed by atoms with E-state index in [9.17, 15) is 4.79 Å². The lowest BCUT2D eigenvalue weighted by Gasteiger charge is -2.17. The molecule has 0 radical (unpaired) electrons. The van der Waals surface area contributed by atoms with Crippen LogP contribution in [-0.2, 0) is 0 Å². The van der Waals surface area contributed by atoms with E-state index in [1.165, 1.54) is 12.8 Å². The largest absolute Gasteiger partial charge is 0.372 e. The van der Waals surface area contributed by atoms with Gasteiger partial charge in [0.15, 0.2) is 0 Å². The van der Waals surface area contributed by atoms with Gasteiger partial charge in [0.25, 0.3) is 5.91 Å². The Bertz CT molecular complexity index is 342. The van der Waals surface area contributed by atoms with Crippen LogP contribution in [0.2, 0.25) is 0 Å². The summed E-state index contributed by atoms with van der Waals surface area (Å²) in [5, 5.41) is 8.46. The molecule has 1 aliphatic rings. The van der Waals surface area contributed by atoms with E-state index in [1.54, 1.807) is 17.6 Å². The van der Waals surface area contributed by atoms with Gasteiger partial charge in [0.2, 0.25) is 0 Å². The van der Waals surface area contributed by atoms with Gasteiger partial charge in [-0.3, -0.25) is 10.0 Å². The summed E-state index contributed by atoms with van der Waals surface area (Å²) in [7, 11) is 0. The van der Waals surface area contributed by atoms with Gasteiger partial charge < -0.3 is 4.90 Å². The molecular formula is C11H14N2O2. The van der Waals surface area contributed by atoms with Gasteiger partial charge in [-0.25, -0.2) is 5.48 Å². The average molecular weight is 206 g/mol. The van der Waals surface area contributed by atoms with Crippen LogP contribution in [-0.4, -0.2) is 24.2 Å². The van der Waals surface area contributed by atoms with Crippen molar-refractivity contribution in [3.05, 3.63) is 29.8 Å². The maximum Gasteiger partial charge on any atom is 0.274 e. The van der Waals surface area contributed by atoms with Crippen molar-refractivity contribution >= 4 is 11.6 Å². The minimum atomic E-state index is -0.469. The maximum atomic E-state index is 11.1. The Morgan fingerprint density at radius 2 is 1.80 bits per heavy atom. The van der Waals surface area contributed by atoms with Crippen LogP contribution < -0.4 is 10.4 Å². The van der Waals surface area contributed by atoms with E-state index in [4.69, 9.17) is 5.21 Å². The second-order valence-corrected chi connectivity index (χ2v) is 3.68. The highest BCUT2D eigenvalue weighted by molar-refractivity contribution is 5.93. The zero-order chi connectivity index (χ0) is 10.7. The fourth-order valence-corrected chi connectivity index (χ4v) is 1.86. The topological polar surface area (TPSA) is 52.6 Å². The lowest BCUT2D eigenvalue weighted by Crippen LogP contribution is -2.20. The third kappa shape index (κ3) is 2.10. The van der Waals surface area contributed by atoms with E-state index < -0.39 is 5.91 Å². The van der Waals surface area contributed by atoms with Crippen LogP contribution in [0.25, 0.3) is 0 Å². The van der Waals surface area contributed by atoms with Crippen LogP contribution in [0.15, 0.2) is 24.3 Å². The molecular weight excluding hydrogens is 192 g/mol. The SMILES string of the molecule is O=C(NO)c1ccc(N2CCCC2)cc1. The van der Waals surface area contributed by atoms with Crippen molar-refractivity contribution in [1.82, 2.24) is 5.48 Å². The highest BCUT2D eigenvalue weighted by atomic mass is 16.5. The Labute approximate surface area is 88.5 Å². The number of anilines is 1. The molecule has 1 aromatic carbocycles. The second kappa shape index (κ2) is 4.31. The number of hydrogen-bond acceptors (Lipinski definition) is 3. The fraction of sp³-hybridized carbons (Fsp3) is 0.364. The molecule has 0 saturated carbocycles. The Hall–Kier alpha value is -1.55. The number of hydrogen-bond donors (Lipinski definition) is 2. The summed E-state index contributed by atoms with van der Waals surface area (Å²) >= 11 is 0. The van der Waals surface area contributed by atoms with Gasteiger partial charge >= 0.3 is 0 Å². The molecule has 1 aromatic rings. The maximum absolute atomic E-state index is 11.1. The molecule has 1 amide bonds. The van der Waals surface area contributed by atoms with E-state index >= 15 is 0 Å². The molecule has 4 heteroatoms. The summed E-state index contributed by atoms with van der Waals surface area (Å²) in [4.78, 5) is 13.4. The molecule has 0 unspecified atom stereocenters. The molecule has 0 atom stereocenters. The summed E-state index contributed by atoms with van der Waals surface area (Å²) in [6, 6.07) is 7.27. The summed E-state index contributed by atoms with van der Waals surface area (Å²) in [6.45, 7) is 2.18. The molecule has 0 spiro atoms. The van der Waals surface area contributed by atoms with Crippen LogP contribution in [0.4, 0.5) is 5.69 Å². The molecule has 15 heavy (non-hydrogen) atoms. The third-order valence-electron chi connectivity index (χ3n) is 2.70. The molecule has 2 rings (SSSR count). The normalized spacial score (nSPS) is 15.4. The first-order valence-electron chi connectivity index (χ1n) is 5.11. The van der Waals surface area contributed by atoms with Crippen LogP contribution in [0.1, 0.15) is 23.2 Å². The smallest absolute Gasteiger partial charge is 0.274 e. The van der Waals surface area contributed by atoms with Crippen molar-refractivity contribution in [2.45, 2.75) is 12.8 Å². The first-order chi connectivity index (χ1) is 7.31. The van der Waals surface area contributed by atoms with Gasteiger partial charge in [0.05, 0.1) is 0 Å². The van der Waals surface area contributed by atoms with Crippen molar-refractivity contribution in [3.63, 3.8) is 0 Å². The molecule has 1 aliphatic heterocycles. The number of rotatable bonds is 2. The Morgan fingerprint density at radius 1 is 1.20 bits per heavy atom. The number of amides is 1. The standard InChI is InChI=1S/C11H14N2O2/c14-11(12-15)9-3-5-10(6-4-9)13-7-1-2-8-13/h3-6,15H,1-2,7-8H2,(H,12,14). The van der Waals surface area contributed by atoms with Crippen molar-refractivity contribution in [3.8, 4) is 0 Å². The first kappa shape index (κ1) is 9.98. The van der Waals surface area contributed by atoms with Crippen molar-refractivity contribution < 1.29 is 10.0 Å². The van der Waals surface area contributed by atoms with E-state index in [1.807, 2.05) is 12.1 Å².